The standard InChI is InChI=1S/C39H62O12/c1-7-8-9-10-32-26-34(50-36(41)28-48-23-21-46-18-17-44-14-13-40)38(33-25-31(4)11-12-39(33,5)30(2)3)35(27-32)51-37(42)29-49-24-22-47-20-19-45-16-15-43-6/h25-27,33,40H,2,7-24,28-29H2,1,3-6H3. The SMILES string of the molecule is C=C(C)C1(C)CCC(C)=CC1c1c(OC(=O)COCCOCCOCCO)cc(CCCCC)cc1OC(=O)COCCOCCOCCOC. The van der Waals surface area contributed by atoms with Gasteiger partial charge in [0.2, 0.25) is 0 Å². The Kier molecular flexibility index (Phi) is 22.8. The van der Waals surface area contributed by atoms with Crippen molar-refractivity contribution < 1.29 is 57.3 Å². The zero-order valence-electron chi connectivity index (χ0n) is 31.6. The van der Waals surface area contributed by atoms with Crippen LogP contribution in [0.3, 0.4) is 0 Å². The molecule has 1 aromatic rings. The van der Waals surface area contributed by atoms with Gasteiger partial charge < -0.3 is 47.7 Å². The Morgan fingerprint density at radius 1 is 0.804 bits per heavy atom. The van der Waals surface area contributed by atoms with Gasteiger partial charge in [-0.3, -0.25) is 0 Å². The fraction of sp³-hybridized carbons (Fsp3) is 0.692. The van der Waals surface area contributed by atoms with E-state index in [0.29, 0.717) is 63.3 Å². The maximum absolute atomic E-state index is 13.2. The van der Waals surface area contributed by atoms with Crippen molar-refractivity contribution in [1.82, 2.24) is 0 Å². The molecular weight excluding hydrogens is 660 g/mol. The quantitative estimate of drug-likeness (QED) is 0.0492. The smallest absolute Gasteiger partial charge is 0.337 e. The van der Waals surface area contributed by atoms with E-state index in [1.807, 2.05) is 19.1 Å². The van der Waals surface area contributed by atoms with E-state index in [1.165, 1.54) is 5.57 Å². The summed E-state index contributed by atoms with van der Waals surface area (Å²) >= 11 is 0. The normalized spacial score (nSPS) is 17.3. The van der Waals surface area contributed by atoms with Gasteiger partial charge in [0, 0.05) is 18.6 Å². The zero-order chi connectivity index (χ0) is 37.3. The molecule has 2 rings (SSSR count). The molecule has 0 amide bonds. The topological polar surface area (TPSA) is 137 Å². The van der Waals surface area contributed by atoms with Gasteiger partial charge in [-0.2, -0.15) is 0 Å². The van der Waals surface area contributed by atoms with E-state index in [2.05, 4.69) is 33.4 Å². The Balaban J connectivity index is 2.25. The molecule has 0 spiro atoms. The van der Waals surface area contributed by atoms with Gasteiger partial charge in [0.1, 0.15) is 24.7 Å². The molecule has 0 radical (unpaired) electrons. The van der Waals surface area contributed by atoms with E-state index in [9.17, 15) is 9.59 Å². The third kappa shape index (κ3) is 17.1. The fourth-order valence-electron chi connectivity index (χ4n) is 5.60. The number of benzene rings is 1. The average molecular weight is 723 g/mol. The van der Waals surface area contributed by atoms with Crippen LogP contribution >= 0.6 is 0 Å². The highest BCUT2D eigenvalue weighted by atomic mass is 16.6. The number of aliphatic hydroxyl groups is 1. The van der Waals surface area contributed by atoms with Crippen molar-refractivity contribution in [3.8, 4) is 11.5 Å². The van der Waals surface area contributed by atoms with Crippen molar-refractivity contribution in [2.75, 3.05) is 99.6 Å². The van der Waals surface area contributed by atoms with E-state index in [-0.39, 0.29) is 57.6 Å². The van der Waals surface area contributed by atoms with Crippen LogP contribution in [0.4, 0.5) is 0 Å². The number of esters is 2. The van der Waals surface area contributed by atoms with E-state index in [1.54, 1.807) is 7.11 Å². The van der Waals surface area contributed by atoms with E-state index in [4.69, 9.17) is 47.7 Å². The Hall–Kier alpha value is -2.68. The van der Waals surface area contributed by atoms with Gasteiger partial charge in [-0.15, -0.1) is 0 Å². The van der Waals surface area contributed by atoms with Crippen LogP contribution in [0.15, 0.2) is 35.9 Å². The zero-order valence-corrected chi connectivity index (χ0v) is 31.6. The number of aryl methyl sites for hydroxylation is 1. The van der Waals surface area contributed by atoms with Crippen molar-refractivity contribution in [2.45, 2.75) is 72.1 Å². The lowest BCUT2D eigenvalue weighted by Crippen LogP contribution is -2.30. The van der Waals surface area contributed by atoms with Crippen molar-refractivity contribution in [1.29, 1.82) is 0 Å². The molecule has 0 bridgehead atoms. The number of rotatable bonds is 29. The molecular formula is C39H62O12. The second-order valence-corrected chi connectivity index (χ2v) is 12.9. The van der Waals surface area contributed by atoms with E-state index in [0.717, 1.165) is 49.7 Å². The lowest BCUT2D eigenvalue weighted by atomic mass is 9.63. The molecule has 12 nitrogen and oxygen atoms in total. The Bertz CT molecular complexity index is 1200. The number of aliphatic hydroxyl groups excluding tert-OH is 1. The first-order chi connectivity index (χ1) is 24.7. The Labute approximate surface area is 304 Å². The molecule has 0 heterocycles. The van der Waals surface area contributed by atoms with E-state index < -0.39 is 11.9 Å². The van der Waals surface area contributed by atoms with Crippen molar-refractivity contribution in [3.63, 3.8) is 0 Å². The van der Waals surface area contributed by atoms with Crippen LogP contribution < -0.4 is 9.47 Å². The number of ether oxygens (including phenoxy) is 9. The number of methoxy groups -OCH3 is 1. The minimum Gasteiger partial charge on any atom is -0.424 e. The molecule has 1 aliphatic carbocycles. The van der Waals surface area contributed by atoms with Crippen LogP contribution in [-0.2, 0) is 49.2 Å². The van der Waals surface area contributed by atoms with Crippen molar-refractivity contribution in [3.05, 3.63) is 47.1 Å². The molecule has 0 aromatic heterocycles. The van der Waals surface area contributed by atoms with Crippen molar-refractivity contribution >= 4 is 11.9 Å². The third-order valence-corrected chi connectivity index (χ3v) is 8.74. The van der Waals surface area contributed by atoms with E-state index >= 15 is 0 Å². The van der Waals surface area contributed by atoms with Gasteiger partial charge in [-0.05, 0) is 62.6 Å². The monoisotopic (exact) mass is 722 g/mol. The number of unbranched alkanes of at least 4 members (excludes halogenated alkanes) is 2. The summed E-state index contributed by atoms with van der Waals surface area (Å²) in [5, 5.41) is 8.78. The number of hydrogen-bond donors (Lipinski definition) is 1. The Morgan fingerprint density at radius 3 is 1.76 bits per heavy atom. The summed E-state index contributed by atoms with van der Waals surface area (Å²) in [4.78, 5) is 26.5. The summed E-state index contributed by atoms with van der Waals surface area (Å²) < 4.78 is 49.7. The van der Waals surface area contributed by atoms with Crippen LogP contribution in [-0.4, -0.2) is 117 Å². The first-order valence-corrected chi connectivity index (χ1v) is 18.1. The van der Waals surface area contributed by atoms with Crippen LogP contribution in [0.1, 0.15) is 76.8 Å². The van der Waals surface area contributed by atoms with Gasteiger partial charge in [0.25, 0.3) is 0 Å². The molecule has 1 N–H and O–H groups in total. The lowest BCUT2D eigenvalue weighted by molar-refractivity contribution is -0.140. The van der Waals surface area contributed by atoms with Gasteiger partial charge >= 0.3 is 11.9 Å². The number of hydrogen-bond acceptors (Lipinski definition) is 12. The molecule has 0 saturated heterocycles. The van der Waals surface area contributed by atoms with Crippen LogP contribution in [0.5, 0.6) is 11.5 Å². The minimum atomic E-state index is -0.577. The molecule has 0 aliphatic heterocycles. The summed E-state index contributed by atoms with van der Waals surface area (Å²) in [5.74, 6) is -0.747. The summed E-state index contributed by atoms with van der Waals surface area (Å²) in [6.07, 6.45) is 7.63. The second-order valence-electron chi connectivity index (χ2n) is 12.9. The molecule has 0 saturated carbocycles. The first-order valence-electron chi connectivity index (χ1n) is 18.1. The largest absolute Gasteiger partial charge is 0.424 e. The fourth-order valence-corrected chi connectivity index (χ4v) is 5.60. The van der Waals surface area contributed by atoms with Crippen LogP contribution in [0.2, 0.25) is 0 Å². The van der Waals surface area contributed by atoms with Crippen molar-refractivity contribution in [2.24, 2.45) is 5.41 Å². The molecule has 2 atom stereocenters. The van der Waals surface area contributed by atoms with Gasteiger partial charge in [-0.1, -0.05) is 50.5 Å². The van der Waals surface area contributed by atoms with Gasteiger partial charge in [-0.25, -0.2) is 9.59 Å². The summed E-state index contributed by atoms with van der Waals surface area (Å²) in [6, 6.07) is 3.78. The predicted molar refractivity (Wildman–Crippen MR) is 193 cm³/mol. The van der Waals surface area contributed by atoms with Crippen LogP contribution in [0.25, 0.3) is 0 Å². The molecule has 1 aliphatic rings. The maximum Gasteiger partial charge on any atom is 0.337 e. The minimum absolute atomic E-state index is 0.0422. The van der Waals surface area contributed by atoms with Gasteiger partial charge in [0.05, 0.1) is 79.3 Å². The highest BCUT2D eigenvalue weighted by Gasteiger charge is 2.41. The highest BCUT2D eigenvalue weighted by Crippen LogP contribution is 2.54. The highest BCUT2D eigenvalue weighted by molar-refractivity contribution is 5.77. The average Bonchev–Trinajstić information content (AvgIpc) is 3.09. The molecule has 1 aromatic carbocycles. The lowest BCUT2D eigenvalue weighted by Gasteiger charge is -2.42. The second kappa shape index (κ2) is 26.1. The molecule has 12 heteroatoms. The number of carbonyl (C=O) groups excluding carboxylic acids is 2. The molecule has 290 valence electrons. The van der Waals surface area contributed by atoms with Gasteiger partial charge in [0.15, 0.2) is 0 Å². The molecule has 2 unspecified atom stereocenters. The number of carbonyl (C=O) groups is 2. The Morgan fingerprint density at radius 2 is 1.29 bits per heavy atom. The van der Waals surface area contributed by atoms with Crippen LogP contribution in [0, 0.1) is 5.41 Å². The summed E-state index contributed by atoms with van der Waals surface area (Å²) in [7, 11) is 1.62. The summed E-state index contributed by atoms with van der Waals surface area (Å²) in [6.45, 7) is 15.9. The predicted octanol–water partition coefficient (Wildman–Crippen LogP) is 5.37. The third-order valence-electron chi connectivity index (χ3n) is 8.74. The summed E-state index contributed by atoms with van der Waals surface area (Å²) in [5.41, 5.74) is 3.30. The number of allylic oxidation sites excluding steroid dienone is 3. The first kappa shape index (κ1) is 44.5. The molecule has 0 fully saturated rings. The maximum atomic E-state index is 13.2. The molecule has 51 heavy (non-hydrogen) atoms.